The fourth-order valence-corrected chi connectivity index (χ4v) is 3.94. The predicted octanol–water partition coefficient (Wildman–Crippen LogP) is 1.64. The smallest absolute Gasteiger partial charge is 0.219 e. The second-order valence-corrected chi connectivity index (χ2v) is 7.24. The van der Waals surface area contributed by atoms with Crippen LogP contribution in [0.5, 0.6) is 0 Å². The summed E-state index contributed by atoms with van der Waals surface area (Å²) in [5.74, 6) is 1.19. The van der Waals surface area contributed by atoms with Gasteiger partial charge in [0.1, 0.15) is 6.17 Å². The monoisotopic (exact) mass is 383 g/mol. The lowest BCUT2D eigenvalue weighted by atomic mass is 9.92. The molecule has 0 aromatic heterocycles. The van der Waals surface area contributed by atoms with Crippen molar-refractivity contribution in [3.05, 3.63) is 10.7 Å². The van der Waals surface area contributed by atoms with Crippen LogP contribution >= 0.6 is 15.9 Å². The Kier molecular flexibility index (Phi) is 5.71. The van der Waals surface area contributed by atoms with Crippen molar-refractivity contribution >= 4 is 27.6 Å². The molecule has 1 N–H and O–H groups in total. The number of rotatable bonds is 4. The summed E-state index contributed by atoms with van der Waals surface area (Å²) in [7, 11) is 0. The summed E-state index contributed by atoms with van der Waals surface area (Å²) in [6.45, 7) is 10.7. The number of hydrogen-bond acceptors (Lipinski definition) is 4. The Morgan fingerprint density at radius 1 is 1.43 bits per heavy atom. The maximum absolute atomic E-state index is 5.38. The van der Waals surface area contributed by atoms with Crippen molar-refractivity contribution < 1.29 is 4.74 Å². The molecule has 1 fully saturated rings. The molecule has 23 heavy (non-hydrogen) atoms. The summed E-state index contributed by atoms with van der Waals surface area (Å²) < 4.78 is 6.62. The Bertz CT molecular complexity index is 513. The summed E-state index contributed by atoms with van der Waals surface area (Å²) in [5, 5.41) is 3.52. The molecular formula is C16H26BrN5O. The van der Waals surface area contributed by atoms with E-state index < -0.39 is 0 Å². The average molecular weight is 384 g/mol. The van der Waals surface area contributed by atoms with Gasteiger partial charge in [-0.1, -0.05) is 15.9 Å². The van der Waals surface area contributed by atoms with E-state index in [-0.39, 0.29) is 6.17 Å². The van der Waals surface area contributed by atoms with Crippen LogP contribution in [0.2, 0.25) is 0 Å². The van der Waals surface area contributed by atoms with Gasteiger partial charge in [0.05, 0.1) is 19.8 Å². The quantitative estimate of drug-likeness (QED) is 0.801. The van der Waals surface area contributed by atoms with E-state index in [1.807, 2.05) is 0 Å². The van der Waals surface area contributed by atoms with Crippen LogP contribution in [0, 0.1) is 5.92 Å². The van der Waals surface area contributed by atoms with E-state index in [2.05, 4.69) is 56.1 Å². The first kappa shape index (κ1) is 16.9. The number of allylic oxidation sites excluding steroid dienone is 1. The molecule has 7 heteroatoms. The van der Waals surface area contributed by atoms with Gasteiger partial charge in [0, 0.05) is 48.5 Å². The van der Waals surface area contributed by atoms with Gasteiger partial charge >= 0.3 is 0 Å². The first-order valence-corrected chi connectivity index (χ1v) is 9.25. The zero-order chi connectivity index (χ0) is 16.2. The summed E-state index contributed by atoms with van der Waals surface area (Å²) in [4.78, 5) is 14.1. The van der Waals surface area contributed by atoms with E-state index in [1.165, 1.54) is 10.2 Å². The van der Waals surface area contributed by atoms with Crippen molar-refractivity contribution in [1.29, 1.82) is 0 Å². The van der Waals surface area contributed by atoms with Crippen LogP contribution in [0.1, 0.15) is 20.3 Å². The van der Waals surface area contributed by atoms with E-state index in [0.29, 0.717) is 5.92 Å². The third-order valence-corrected chi connectivity index (χ3v) is 5.23. The second-order valence-electron chi connectivity index (χ2n) is 6.22. The molecule has 0 amide bonds. The molecule has 2 atom stereocenters. The van der Waals surface area contributed by atoms with Crippen LogP contribution < -0.4 is 5.32 Å². The minimum Gasteiger partial charge on any atom is -0.379 e. The number of nitrogens with zero attached hydrogens (tertiary/aromatic N) is 4. The third kappa shape index (κ3) is 4.14. The van der Waals surface area contributed by atoms with E-state index in [4.69, 9.17) is 9.73 Å². The van der Waals surface area contributed by atoms with Crippen LogP contribution in [0.4, 0.5) is 0 Å². The fraction of sp³-hybridized carbons (Fsp3) is 0.750. The molecule has 3 aliphatic heterocycles. The molecule has 0 aromatic carbocycles. The number of morpholine rings is 1. The molecule has 3 heterocycles. The molecular weight excluding hydrogens is 358 g/mol. The molecule has 0 aliphatic carbocycles. The largest absolute Gasteiger partial charge is 0.379 e. The van der Waals surface area contributed by atoms with Crippen LogP contribution in [0.25, 0.3) is 0 Å². The first-order valence-electron chi connectivity index (χ1n) is 8.45. The van der Waals surface area contributed by atoms with E-state index in [9.17, 15) is 0 Å². The van der Waals surface area contributed by atoms with Crippen molar-refractivity contribution in [3.8, 4) is 0 Å². The molecule has 0 radical (unpaired) electrons. The molecule has 0 saturated carbocycles. The highest BCUT2D eigenvalue weighted by Gasteiger charge is 2.35. The Morgan fingerprint density at radius 3 is 2.96 bits per heavy atom. The lowest BCUT2D eigenvalue weighted by Crippen LogP contribution is -2.56. The highest BCUT2D eigenvalue weighted by atomic mass is 79.9. The number of fused-ring (bicyclic) bond motifs is 1. The number of halogens is 1. The van der Waals surface area contributed by atoms with Gasteiger partial charge in [-0.3, -0.25) is 4.90 Å². The lowest BCUT2D eigenvalue weighted by molar-refractivity contribution is 0.0394. The molecule has 1 saturated heterocycles. The minimum atomic E-state index is 0.265. The minimum absolute atomic E-state index is 0.265. The van der Waals surface area contributed by atoms with Gasteiger partial charge in [-0.05, 0) is 20.3 Å². The number of nitrogens with one attached hydrogen (secondary N) is 1. The zero-order valence-electron chi connectivity index (χ0n) is 14.0. The number of aliphatic imine (C=N–C) groups is 2. The van der Waals surface area contributed by atoms with E-state index in [0.717, 1.165) is 58.3 Å². The summed E-state index contributed by atoms with van der Waals surface area (Å²) in [5.41, 5.74) is 1.17. The Morgan fingerprint density at radius 2 is 2.22 bits per heavy atom. The third-order valence-electron chi connectivity index (χ3n) is 4.70. The second kappa shape index (κ2) is 7.77. The van der Waals surface area contributed by atoms with Gasteiger partial charge in [0.2, 0.25) is 5.96 Å². The first-order chi connectivity index (χ1) is 11.2. The molecule has 2 unspecified atom stereocenters. The average Bonchev–Trinajstić information content (AvgIpc) is 2.56. The normalized spacial score (nSPS) is 30.6. The van der Waals surface area contributed by atoms with Crippen molar-refractivity contribution in [2.75, 3.05) is 45.9 Å². The van der Waals surface area contributed by atoms with Crippen LogP contribution in [-0.2, 0) is 4.74 Å². The highest BCUT2D eigenvalue weighted by molar-refractivity contribution is 9.11. The maximum atomic E-state index is 5.38. The van der Waals surface area contributed by atoms with Gasteiger partial charge in [-0.25, -0.2) is 9.98 Å². The van der Waals surface area contributed by atoms with Gasteiger partial charge in [-0.2, -0.15) is 0 Å². The van der Waals surface area contributed by atoms with Crippen LogP contribution in [0.3, 0.4) is 0 Å². The van der Waals surface area contributed by atoms with Crippen molar-refractivity contribution in [2.45, 2.75) is 26.4 Å². The number of guanidine groups is 1. The van der Waals surface area contributed by atoms with Gasteiger partial charge in [0.25, 0.3) is 0 Å². The highest BCUT2D eigenvalue weighted by Crippen LogP contribution is 2.31. The lowest BCUT2D eigenvalue weighted by Gasteiger charge is -2.42. The summed E-state index contributed by atoms with van der Waals surface area (Å²) >= 11 is 3.65. The SMILES string of the molecule is CCN1C=C(Br)CC2C(C)=NC(=NCCN3CCOCC3)NC21. The van der Waals surface area contributed by atoms with Crippen molar-refractivity contribution in [2.24, 2.45) is 15.9 Å². The Balaban J connectivity index is 1.62. The van der Waals surface area contributed by atoms with Gasteiger partial charge in [-0.15, -0.1) is 0 Å². The molecule has 6 nitrogen and oxygen atoms in total. The van der Waals surface area contributed by atoms with Crippen LogP contribution in [-0.4, -0.2) is 73.6 Å². The molecule has 0 bridgehead atoms. The fourth-order valence-electron chi connectivity index (χ4n) is 3.33. The van der Waals surface area contributed by atoms with Crippen molar-refractivity contribution in [3.63, 3.8) is 0 Å². The summed E-state index contributed by atoms with van der Waals surface area (Å²) in [6.07, 6.45) is 3.46. The maximum Gasteiger partial charge on any atom is 0.219 e. The topological polar surface area (TPSA) is 52.5 Å². The Labute approximate surface area is 146 Å². The van der Waals surface area contributed by atoms with E-state index in [1.54, 1.807) is 0 Å². The Hall–Kier alpha value is -0.920. The number of hydrogen-bond donors (Lipinski definition) is 1. The standard InChI is InChI=1S/C16H26BrN5O/c1-3-22-11-13(17)10-14-12(2)19-16(20-15(14)22)18-4-5-21-6-8-23-9-7-21/h11,14-15H,3-10H2,1-2H3,(H,18,20). The molecule has 3 rings (SSSR count). The van der Waals surface area contributed by atoms with Crippen LogP contribution in [0.15, 0.2) is 20.7 Å². The zero-order valence-corrected chi connectivity index (χ0v) is 15.5. The van der Waals surface area contributed by atoms with E-state index >= 15 is 0 Å². The van der Waals surface area contributed by atoms with Gasteiger partial charge < -0.3 is 15.0 Å². The predicted molar refractivity (Wildman–Crippen MR) is 97.1 cm³/mol. The number of ether oxygens (including phenoxy) is 1. The van der Waals surface area contributed by atoms with Gasteiger partial charge in [0.15, 0.2) is 0 Å². The molecule has 128 valence electrons. The van der Waals surface area contributed by atoms with Crippen molar-refractivity contribution in [1.82, 2.24) is 15.1 Å². The molecule has 0 spiro atoms. The molecule has 3 aliphatic rings. The summed E-state index contributed by atoms with van der Waals surface area (Å²) in [6, 6.07) is 0. The molecule has 0 aromatic rings.